The minimum atomic E-state index is 0.269. The number of alkyl halides is 1. The van der Waals surface area contributed by atoms with Gasteiger partial charge in [0, 0.05) is 18.9 Å². The summed E-state index contributed by atoms with van der Waals surface area (Å²) in [5, 5.41) is 0. The smallest absolute Gasteiger partial charge is 0.125 e. The quantitative estimate of drug-likeness (QED) is 0.688. The summed E-state index contributed by atoms with van der Waals surface area (Å²) in [6.07, 6.45) is 5.60. The fourth-order valence-corrected chi connectivity index (χ4v) is 2.81. The van der Waals surface area contributed by atoms with Crippen molar-refractivity contribution in [1.82, 2.24) is 19.1 Å². The van der Waals surface area contributed by atoms with E-state index in [1.807, 2.05) is 12.5 Å². The van der Waals surface area contributed by atoms with Crippen molar-refractivity contribution in [2.45, 2.75) is 32.3 Å². The summed E-state index contributed by atoms with van der Waals surface area (Å²) in [5.41, 5.74) is 3.36. The molecule has 0 bridgehead atoms. The highest BCUT2D eigenvalue weighted by atomic mass is 35.5. The number of nitrogens with zero attached hydrogens (tertiary/aromatic N) is 4. The molecule has 0 fully saturated rings. The van der Waals surface area contributed by atoms with Crippen LogP contribution in [0, 0.1) is 6.92 Å². The lowest BCUT2D eigenvalue weighted by atomic mass is 10.2. The molecule has 1 aromatic carbocycles. The van der Waals surface area contributed by atoms with E-state index in [4.69, 9.17) is 11.6 Å². The SMILES string of the molecule is Cc1ccc2c(c1)nc(CCl)n2C(C)Cn1ccnc1. The van der Waals surface area contributed by atoms with Crippen LogP contribution in [0.3, 0.4) is 0 Å². The van der Waals surface area contributed by atoms with Crippen LogP contribution in [0.1, 0.15) is 24.4 Å². The molecule has 3 rings (SSSR count). The molecule has 20 heavy (non-hydrogen) atoms. The first kappa shape index (κ1) is 13.2. The van der Waals surface area contributed by atoms with E-state index in [1.165, 1.54) is 5.56 Å². The van der Waals surface area contributed by atoms with E-state index in [2.05, 4.69) is 51.1 Å². The average Bonchev–Trinajstić information content (AvgIpc) is 3.04. The second kappa shape index (κ2) is 5.29. The molecule has 5 heteroatoms. The molecule has 104 valence electrons. The maximum absolute atomic E-state index is 6.07. The average molecular weight is 289 g/mol. The zero-order valence-electron chi connectivity index (χ0n) is 11.6. The molecule has 0 aliphatic heterocycles. The number of benzene rings is 1. The Bertz CT molecular complexity index is 715. The first-order chi connectivity index (χ1) is 9.69. The molecule has 2 heterocycles. The summed E-state index contributed by atoms with van der Waals surface area (Å²) in [4.78, 5) is 8.73. The molecule has 0 aliphatic carbocycles. The number of rotatable bonds is 4. The van der Waals surface area contributed by atoms with Crippen LogP contribution >= 0.6 is 11.6 Å². The van der Waals surface area contributed by atoms with Gasteiger partial charge >= 0.3 is 0 Å². The summed E-state index contributed by atoms with van der Waals surface area (Å²) in [5.74, 6) is 1.34. The molecule has 0 aliphatic rings. The van der Waals surface area contributed by atoms with E-state index in [0.29, 0.717) is 5.88 Å². The van der Waals surface area contributed by atoms with Gasteiger partial charge in [0.1, 0.15) is 5.82 Å². The highest BCUT2D eigenvalue weighted by Gasteiger charge is 2.15. The van der Waals surface area contributed by atoms with Gasteiger partial charge in [-0.15, -0.1) is 11.6 Å². The van der Waals surface area contributed by atoms with Gasteiger partial charge in [0.25, 0.3) is 0 Å². The van der Waals surface area contributed by atoms with Crippen LogP contribution in [0.4, 0.5) is 0 Å². The minimum Gasteiger partial charge on any atom is -0.335 e. The summed E-state index contributed by atoms with van der Waals surface area (Å²) in [7, 11) is 0. The first-order valence-electron chi connectivity index (χ1n) is 6.68. The van der Waals surface area contributed by atoms with Crippen LogP contribution in [-0.4, -0.2) is 19.1 Å². The molecule has 0 spiro atoms. The predicted molar refractivity (Wildman–Crippen MR) is 81.0 cm³/mol. The Labute approximate surface area is 123 Å². The zero-order valence-corrected chi connectivity index (χ0v) is 12.4. The molecule has 1 atom stereocenters. The molecule has 4 nitrogen and oxygen atoms in total. The lowest BCUT2D eigenvalue weighted by Gasteiger charge is -2.17. The Hall–Kier alpha value is -1.81. The Morgan fingerprint density at radius 1 is 1.35 bits per heavy atom. The van der Waals surface area contributed by atoms with E-state index < -0.39 is 0 Å². The van der Waals surface area contributed by atoms with Crippen LogP contribution in [0.2, 0.25) is 0 Å². The van der Waals surface area contributed by atoms with Gasteiger partial charge in [0.2, 0.25) is 0 Å². The fraction of sp³-hybridized carbons (Fsp3) is 0.333. The van der Waals surface area contributed by atoms with Crippen LogP contribution < -0.4 is 0 Å². The van der Waals surface area contributed by atoms with Crippen LogP contribution in [0.25, 0.3) is 11.0 Å². The van der Waals surface area contributed by atoms with Gasteiger partial charge in [-0.05, 0) is 31.5 Å². The molecular weight excluding hydrogens is 272 g/mol. The molecular formula is C15H17ClN4. The second-order valence-corrected chi connectivity index (χ2v) is 5.40. The predicted octanol–water partition coefficient (Wildman–Crippen LogP) is 3.54. The third kappa shape index (κ3) is 2.31. The highest BCUT2D eigenvalue weighted by molar-refractivity contribution is 6.16. The van der Waals surface area contributed by atoms with Crippen molar-refractivity contribution in [2.24, 2.45) is 0 Å². The van der Waals surface area contributed by atoms with Crippen molar-refractivity contribution >= 4 is 22.6 Å². The van der Waals surface area contributed by atoms with Crippen molar-refractivity contribution in [3.63, 3.8) is 0 Å². The zero-order chi connectivity index (χ0) is 14.1. The number of halogens is 1. The normalized spacial score (nSPS) is 12.9. The monoisotopic (exact) mass is 288 g/mol. The number of imidazole rings is 2. The highest BCUT2D eigenvalue weighted by Crippen LogP contribution is 2.24. The summed E-state index contributed by atoms with van der Waals surface area (Å²) in [6.45, 7) is 5.11. The molecule has 1 unspecified atom stereocenters. The molecule has 0 radical (unpaired) electrons. The Morgan fingerprint density at radius 3 is 2.90 bits per heavy atom. The number of aromatic nitrogens is 4. The fourth-order valence-electron chi connectivity index (χ4n) is 2.63. The van der Waals surface area contributed by atoms with E-state index >= 15 is 0 Å². The van der Waals surface area contributed by atoms with Gasteiger partial charge < -0.3 is 9.13 Å². The van der Waals surface area contributed by atoms with Gasteiger partial charge in [-0.25, -0.2) is 9.97 Å². The molecule has 0 saturated heterocycles. The van der Waals surface area contributed by atoms with Crippen molar-refractivity contribution in [3.05, 3.63) is 48.3 Å². The van der Waals surface area contributed by atoms with Gasteiger partial charge in [-0.3, -0.25) is 0 Å². The Morgan fingerprint density at radius 2 is 2.20 bits per heavy atom. The van der Waals surface area contributed by atoms with Crippen molar-refractivity contribution in [3.8, 4) is 0 Å². The molecule has 3 aromatic rings. The molecule has 0 saturated carbocycles. The largest absolute Gasteiger partial charge is 0.335 e. The summed E-state index contributed by atoms with van der Waals surface area (Å²) < 4.78 is 4.30. The van der Waals surface area contributed by atoms with E-state index in [0.717, 1.165) is 23.4 Å². The van der Waals surface area contributed by atoms with Crippen LogP contribution in [0.15, 0.2) is 36.9 Å². The lowest BCUT2D eigenvalue weighted by Crippen LogP contribution is -2.14. The lowest BCUT2D eigenvalue weighted by molar-refractivity contribution is 0.464. The summed E-state index contributed by atoms with van der Waals surface area (Å²) >= 11 is 6.07. The van der Waals surface area contributed by atoms with Crippen LogP contribution in [-0.2, 0) is 12.4 Å². The third-order valence-corrected chi connectivity index (χ3v) is 3.75. The number of hydrogen-bond acceptors (Lipinski definition) is 2. The van der Waals surface area contributed by atoms with Gasteiger partial charge in [0.15, 0.2) is 0 Å². The standard InChI is InChI=1S/C15H17ClN4/c1-11-3-4-14-13(7-11)18-15(8-16)20(14)12(2)9-19-6-5-17-10-19/h3-7,10,12H,8-9H2,1-2H3. The summed E-state index contributed by atoms with van der Waals surface area (Å²) in [6, 6.07) is 6.61. The van der Waals surface area contributed by atoms with E-state index in [-0.39, 0.29) is 6.04 Å². The van der Waals surface area contributed by atoms with Crippen LogP contribution in [0.5, 0.6) is 0 Å². The van der Waals surface area contributed by atoms with E-state index in [1.54, 1.807) is 6.20 Å². The van der Waals surface area contributed by atoms with Crippen molar-refractivity contribution < 1.29 is 0 Å². The third-order valence-electron chi connectivity index (χ3n) is 3.51. The topological polar surface area (TPSA) is 35.6 Å². The number of fused-ring (bicyclic) bond motifs is 1. The van der Waals surface area contributed by atoms with E-state index in [9.17, 15) is 0 Å². The van der Waals surface area contributed by atoms with Gasteiger partial charge in [0.05, 0.1) is 29.3 Å². The molecule has 0 N–H and O–H groups in total. The Balaban J connectivity index is 2.04. The maximum Gasteiger partial charge on any atom is 0.125 e. The molecule has 2 aromatic heterocycles. The maximum atomic E-state index is 6.07. The minimum absolute atomic E-state index is 0.269. The first-order valence-corrected chi connectivity index (χ1v) is 7.21. The van der Waals surface area contributed by atoms with Gasteiger partial charge in [-0.1, -0.05) is 6.07 Å². The van der Waals surface area contributed by atoms with Crippen molar-refractivity contribution in [2.75, 3.05) is 0 Å². The number of aryl methyl sites for hydroxylation is 1. The van der Waals surface area contributed by atoms with Gasteiger partial charge in [-0.2, -0.15) is 0 Å². The van der Waals surface area contributed by atoms with Crippen molar-refractivity contribution in [1.29, 1.82) is 0 Å². The molecule has 0 amide bonds. The number of hydrogen-bond donors (Lipinski definition) is 0. The second-order valence-electron chi connectivity index (χ2n) is 5.13. The Kier molecular flexibility index (Phi) is 3.49.